The Morgan fingerprint density at radius 2 is 2.14 bits per heavy atom. The summed E-state index contributed by atoms with van der Waals surface area (Å²) < 4.78 is 4.98. The molecule has 1 heterocycles. The van der Waals surface area contributed by atoms with Crippen LogP contribution in [-0.2, 0) is 16.1 Å². The highest BCUT2D eigenvalue weighted by atomic mass is 32.1. The topological polar surface area (TPSA) is 51.2 Å². The first-order chi connectivity index (χ1) is 10.3. The molecule has 0 aliphatic heterocycles. The summed E-state index contributed by atoms with van der Waals surface area (Å²) in [4.78, 5) is 16.7. The van der Waals surface area contributed by atoms with Crippen LogP contribution in [0.25, 0.3) is 0 Å². The largest absolute Gasteiger partial charge is 0.469 e. The van der Waals surface area contributed by atoms with Crippen molar-refractivity contribution in [1.29, 1.82) is 0 Å². The molecule has 0 aromatic carbocycles. The Morgan fingerprint density at radius 1 is 1.33 bits per heavy atom. The van der Waals surface area contributed by atoms with Gasteiger partial charge in [-0.05, 0) is 25.7 Å². The molecule has 0 bridgehead atoms. The lowest BCUT2D eigenvalue weighted by atomic mass is 9.95. The molecule has 0 spiro atoms. The van der Waals surface area contributed by atoms with E-state index in [0.29, 0.717) is 0 Å². The SMILES string of the molecule is COC(=O)[C@H]1CCCCC[C@H]1NCc1csc(C2CC2)n1. The van der Waals surface area contributed by atoms with Crippen LogP contribution in [0.5, 0.6) is 0 Å². The Kier molecular flexibility index (Phi) is 4.91. The van der Waals surface area contributed by atoms with E-state index in [4.69, 9.17) is 9.72 Å². The molecule has 1 N–H and O–H groups in total. The first-order valence-corrected chi connectivity index (χ1v) is 8.91. The summed E-state index contributed by atoms with van der Waals surface area (Å²) in [7, 11) is 1.49. The van der Waals surface area contributed by atoms with Gasteiger partial charge in [-0.25, -0.2) is 4.98 Å². The maximum atomic E-state index is 12.0. The molecule has 1 aromatic heterocycles. The van der Waals surface area contributed by atoms with Gasteiger partial charge in [-0.2, -0.15) is 0 Å². The molecule has 2 aliphatic rings. The summed E-state index contributed by atoms with van der Waals surface area (Å²) in [6, 6.07) is 0.228. The first kappa shape index (κ1) is 15.0. The number of carbonyl (C=O) groups is 1. The number of aromatic nitrogens is 1. The van der Waals surface area contributed by atoms with Crippen molar-refractivity contribution in [3.05, 3.63) is 16.1 Å². The maximum Gasteiger partial charge on any atom is 0.310 e. The van der Waals surface area contributed by atoms with Crippen molar-refractivity contribution in [2.24, 2.45) is 5.92 Å². The van der Waals surface area contributed by atoms with Crippen molar-refractivity contribution in [2.75, 3.05) is 7.11 Å². The van der Waals surface area contributed by atoms with E-state index in [-0.39, 0.29) is 17.9 Å². The molecule has 1 aromatic rings. The predicted molar refractivity (Wildman–Crippen MR) is 83.3 cm³/mol. The van der Waals surface area contributed by atoms with Crippen LogP contribution in [0.15, 0.2) is 5.38 Å². The number of hydrogen-bond acceptors (Lipinski definition) is 5. The Bertz CT molecular complexity index is 484. The number of rotatable bonds is 5. The van der Waals surface area contributed by atoms with Crippen molar-refractivity contribution < 1.29 is 9.53 Å². The monoisotopic (exact) mass is 308 g/mol. The van der Waals surface area contributed by atoms with E-state index in [0.717, 1.165) is 37.4 Å². The second kappa shape index (κ2) is 6.88. The predicted octanol–water partition coefficient (Wildman–Crippen LogP) is 3.23. The first-order valence-electron chi connectivity index (χ1n) is 8.03. The standard InChI is InChI=1S/C16H24N2O2S/c1-20-16(19)13-5-3-2-4-6-14(13)17-9-12-10-21-15(18-12)11-7-8-11/h10-11,13-14,17H,2-9H2,1H3/t13-,14+/m0/s1. The number of thiazole rings is 1. The maximum absolute atomic E-state index is 12.0. The minimum atomic E-state index is -0.0636. The highest BCUT2D eigenvalue weighted by Gasteiger charge is 2.30. The van der Waals surface area contributed by atoms with Gasteiger partial charge in [-0.15, -0.1) is 11.3 Å². The molecule has 4 nitrogen and oxygen atoms in total. The van der Waals surface area contributed by atoms with Gasteiger partial charge >= 0.3 is 5.97 Å². The lowest BCUT2D eigenvalue weighted by molar-refractivity contribution is -0.146. The van der Waals surface area contributed by atoms with E-state index < -0.39 is 0 Å². The highest BCUT2D eigenvalue weighted by molar-refractivity contribution is 7.09. The average molecular weight is 308 g/mol. The lowest BCUT2D eigenvalue weighted by Crippen LogP contribution is -2.39. The zero-order valence-corrected chi connectivity index (χ0v) is 13.5. The van der Waals surface area contributed by atoms with E-state index in [2.05, 4.69) is 10.7 Å². The van der Waals surface area contributed by atoms with Crippen LogP contribution in [0.1, 0.15) is 61.6 Å². The van der Waals surface area contributed by atoms with Gasteiger partial charge in [0.15, 0.2) is 0 Å². The molecular weight excluding hydrogens is 284 g/mol. The minimum absolute atomic E-state index is 0.000891. The lowest BCUT2D eigenvalue weighted by Gasteiger charge is -2.23. The zero-order valence-electron chi connectivity index (χ0n) is 12.6. The molecule has 0 saturated heterocycles. The fourth-order valence-corrected chi connectivity index (χ4v) is 4.13. The van der Waals surface area contributed by atoms with Crippen LogP contribution in [0.4, 0.5) is 0 Å². The van der Waals surface area contributed by atoms with E-state index >= 15 is 0 Å². The number of ether oxygens (including phenoxy) is 1. The fourth-order valence-electron chi connectivity index (χ4n) is 3.14. The van der Waals surface area contributed by atoms with Crippen molar-refractivity contribution in [3.63, 3.8) is 0 Å². The van der Waals surface area contributed by atoms with Crippen molar-refractivity contribution in [3.8, 4) is 0 Å². The number of hydrogen-bond donors (Lipinski definition) is 1. The van der Waals surface area contributed by atoms with Gasteiger partial charge in [-0.1, -0.05) is 19.3 Å². The molecule has 0 amide bonds. The van der Waals surface area contributed by atoms with Gasteiger partial charge in [0.25, 0.3) is 0 Å². The Balaban J connectivity index is 1.58. The smallest absolute Gasteiger partial charge is 0.310 e. The molecule has 3 rings (SSSR count). The third-order valence-corrected chi connectivity index (χ3v) is 5.62. The molecule has 2 aliphatic carbocycles. The third kappa shape index (κ3) is 3.83. The van der Waals surface area contributed by atoms with Crippen molar-refractivity contribution >= 4 is 17.3 Å². The fraction of sp³-hybridized carbons (Fsp3) is 0.750. The third-order valence-electron chi connectivity index (χ3n) is 4.56. The van der Waals surface area contributed by atoms with Crippen molar-refractivity contribution in [1.82, 2.24) is 10.3 Å². The van der Waals surface area contributed by atoms with Gasteiger partial charge in [0.05, 0.1) is 23.7 Å². The van der Waals surface area contributed by atoms with E-state index in [1.165, 1.54) is 37.8 Å². The van der Waals surface area contributed by atoms with Gasteiger partial charge < -0.3 is 10.1 Å². The molecule has 2 saturated carbocycles. The van der Waals surface area contributed by atoms with Gasteiger partial charge in [-0.3, -0.25) is 4.79 Å². The van der Waals surface area contributed by atoms with Gasteiger partial charge in [0.2, 0.25) is 0 Å². The van der Waals surface area contributed by atoms with Crippen molar-refractivity contribution in [2.45, 2.75) is 63.5 Å². The quantitative estimate of drug-likeness (QED) is 0.670. The number of nitrogens with one attached hydrogen (secondary N) is 1. The summed E-state index contributed by atoms with van der Waals surface area (Å²) in [5, 5.41) is 7.01. The van der Waals surface area contributed by atoms with Crippen LogP contribution in [0, 0.1) is 5.92 Å². The number of nitrogens with zero attached hydrogens (tertiary/aromatic N) is 1. The van der Waals surface area contributed by atoms with E-state index in [9.17, 15) is 4.79 Å². The number of esters is 1. The van der Waals surface area contributed by atoms with Crippen LogP contribution < -0.4 is 5.32 Å². The molecule has 2 fully saturated rings. The Hall–Kier alpha value is -0.940. The van der Waals surface area contributed by atoms with Gasteiger partial charge in [0, 0.05) is 23.9 Å². The average Bonchev–Trinajstić information content (AvgIpc) is 3.29. The summed E-state index contributed by atoms with van der Waals surface area (Å²) in [5.41, 5.74) is 1.12. The van der Waals surface area contributed by atoms with E-state index in [1.807, 2.05) is 0 Å². The molecule has 0 radical (unpaired) electrons. The summed E-state index contributed by atoms with van der Waals surface area (Å²) in [6.45, 7) is 0.765. The highest BCUT2D eigenvalue weighted by Crippen LogP contribution is 2.41. The summed E-state index contributed by atoms with van der Waals surface area (Å²) in [6.07, 6.45) is 8.12. The normalized spacial score (nSPS) is 26.3. The Morgan fingerprint density at radius 3 is 2.90 bits per heavy atom. The zero-order chi connectivity index (χ0) is 14.7. The minimum Gasteiger partial charge on any atom is -0.469 e. The molecule has 2 atom stereocenters. The van der Waals surface area contributed by atoms with Crippen LogP contribution in [0.2, 0.25) is 0 Å². The molecular formula is C16H24N2O2S. The summed E-state index contributed by atoms with van der Waals surface area (Å²) in [5.74, 6) is 0.662. The second-order valence-electron chi connectivity index (χ2n) is 6.21. The molecule has 0 unspecified atom stereocenters. The van der Waals surface area contributed by atoms with Crippen LogP contribution in [0.3, 0.4) is 0 Å². The number of methoxy groups -OCH3 is 1. The molecule has 21 heavy (non-hydrogen) atoms. The van der Waals surface area contributed by atoms with E-state index in [1.54, 1.807) is 11.3 Å². The van der Waals surface area contributed by atoms with Crippen LogP contribution in [-0.4, -0.2) is 24.1 Å². The summed E-state index contributed by atoms with van der Waals surface area (Å²) >= 11 is 1.78. The molecule has 5 heteroatoms. The van der Waals surface area contributed by atoms with Gasteiger partial charge in [0.1, 0.15) is 0 Å². The number of carbonyl (C=O) groups excluding carboxylic acids is 1. The Labute approximate surface area is 130 Å². The second-order valence-corrected chi connectivity index (χ2v) is 7.10. The van der Waals surface area contributed by atoms with Crippen LogP contribution >= 0.6 is 11.3 Å². The molecule has 116 valence electrons.